The molecule has 5 rings (SSSR count). The van der Waals surface area contributed by atoms with Gasteiger partial charge in [0.2, 0.25) is 0 Å². The maximum atomic E-state index is 12.2. The number of benzene rings is 2. The van der Waals surface area contributed by atoms with Gasteiger partial charge in [-0.15, -0.1) is 0 Å². The summed E-state index contributed by atoms with van der Waals surface area (Å²) in [5.41, 5.74) is 4.89. The van der Waals surface area contributed by atoms with Crippen molar-refractivity contribution < 1.29 is 14.3 Å². The number of esters is 1. The molecule has 0 aromatic heterocycles. The van der Waals surface area contributed by atoms with E-state index in [1.807, 2.05) is 38.1 Å². The number of hydrogen-bond acceptors (Lipinski definition) is 4. The summed E-state index contributed by atoms with van der Waals surface area (Å²) in [5.74, 6) is 7.48. The number of carbonyl (C=O) groups excluding carboxylic acids is 1. The molecule has 0 saturated heterocycles. The van der Waals surface area contributed by atoms with Gasteiger partial charge in [0.15, 0.2) is 0 Å². The number of fused-ring (bicyclic) bond motifs is 2. The predicted octanol–water partition coefficient (Wildman–Crippen LogP) is 4.67. The summed E-state index contributed by atoms with van der Waals surface area (Å²) in [6.45, 7) is 6.81. The van der Waals surface area contributed by atoms with E-state index in [4.69, 9.17) is 9.47 Å². The Kier molecular flexibility index (Phi) is 5.26. The molecule has 166 valence electrons. The Morgan fingerprint density at radius 2 is 1.72 bits per heavy atom. The second-order valence-electron chi connectivity index (χ2n) is 10.0. The van der Waals surface area contributed by atoms with Crippen LogP contribution in [0.5, 0.6) is 5.75 Å². The fourth-order valence-corrected chi connectivity index (χ4v) is 5.04. The van der Waals surface area contributed by atoms with Crippen LogP contribution in [0, 0.1) is 17.3 Å². The Morgan fingerprint density at radius 3 is 2.34 bits per heavy atom. The smallest absolute Gasteiger partial charge is 0.313 e. The van der Waals surface area contributed by atoms with Crippen LogP contribution < -0.4 is 4.74 Å². The van der Waals surface area contributed by atoms with Gasteiger partial charge in [-0.1, -0.05) is 17.9 Å². The van der Waals surface area contributed by atoms with Crippen molar-refractivity contribution >= 4 is 5.97 Å². The summed E-state index contributed by atoms with van der Waals surface area (Å²) < 4.78 is 10.8. The Morgan fingerprint density at radius 1 is 1.03 bits per heavy atom. The minimum atomic E-state index is -0.260. The lowest BCUT2D eigenvalue weighted by Gasteiger charge is -2.36. The minimum absolute atomic E-state index is 0.0393. The van der Waals surface area contributed by atoms with Crippen molar-refractivity contribution in [3.05, 3.63) is 64.7 Å². The zero-order valence-electron chi connectivity index (χ0n) is 19.2. The standard InChI is InChI=1S/C28H31NO3/c1-20(2)32-24-10-7-21(8-11-24)4-5-22-6-9-23-17-29(18-27(12-13-27)25(23)16-22)19-28(14-15-28)26(30)31-3/h6-11,16,20H,12-15,17-19H2,1-3H3. The van der Waals surface area contributed by atoms with Crippen molar-refractivity contribution in [2.75, 3.05) is 20.2 Å². The number of hydrogen-bond donors (Lipinski definition) is 0. The quantitative estimate of drug-likeness (QED) is 0.511. The average Bonchev–Trinajstić information content (AvgIpc) is 3.71. The molecule has 1 spiro atoms. The van der Waals surface area contributed by atoms with E-state index in [9.17, 15) is 4.79 Å². The van der Waals surface area contributed by atoms with Crippen LogP contribution in [-0.2, 0) is 21.5 Å². The van der Waals surface area contributed by atoms with Gasteiger partial charge < -0.3 is 9.47 Å². The van der Waals surface area contributed by atoms with Gasteiger partial charge in [0, 0.05) is 36.2 Å². The fraction of sp³-hybridized carbons (Fsp3) is 0.464. The van der Waals surface area contributed by atoms with Crippen LogP contribution in [0.15, 0.2) is 42.5 Å². The molecule has 0 unspecified atom stereocenters. The third-order valence-electron chi connectivity index (χ3n) is 7.03. The zero-order chi connectivity index (χ0) is 22.3. The van der Waals surface area contributed by atoms with E-state index in [1.54, 1.807) is 0 Å². The Labute approximate surface area is 190 Å². The van der Waals surface area contributed by atoms with Gasteiger partial charge in [0.1, 0.15) is 5.75 Å². The molecule has 2 aliphatic carbocycles. The van der Waals surface area contributed by atoms with Crippen LogP contribution in [0.2, 0.25) is 0 Å². The van der Waals surface area contributed by atoms with Crippen molar-refractivity contribution in [1.82, 2.24) is 4.90 Å². The third kappa shape index (κ3) is 4.14. The van der Waals surface area contributed by atoms with Crippen LogP contribution in [-0.4, -0.2) is 37.2 Å². The lowest BCUT2D eigenvalue weighted by Crippen LogP contribution is -2.42. The molecule has 2 fully saturated rings. The highest BCUT2D eigenvalue weighted by Crippen LogP contribution is 2.54. The van der Waals surface area contributed by atoms with Gasteiger partial charge in [0.25, 0.3) is 0 Å². The molecule has 1 aliphatic heterocycles. The fourth-order valence-electron chi connectivity index (χ4n) is 5.04. The van der Waals surface area contributed by atoms with Crippen LogP contribution in [0.3, 0.4) is 0 Å². The van der Waals surface area contributed by atoms with Gasteiger partial charge in [-0.2, -0.15) is 0 Å². The van der Waals surface area contributed by atoms with Gasteiger partial charge >= 0.3 is 5.97 Å². The summed E-state index contributed by atoms with van der Waals surface area (Å²) in [6.07, 6.45) is 4.51. The maximum Gasteiger partial charge on any atom is 0.313 e. The summed E-state index contributed by atoms with van der Waals surface area (Å²) in [5, 5.41) is 0. The molecule has 0 radical (unpaired) electrons. The summed E-state index contributed by atoms with van der Waals surface area (Å²) in [7, 11) is 1.51. The number of nitrogens with zero attached hydrogens (tertiary/aromatic N) is 1. The van der Waals surface area contributed by atoms with Crippen molar-refractivity contribution in [2.45, 2.75) is 57.6 Å². The lowest BCUT2D eigenvalue weighted by molar-refractivity contribution is -0.148. The van der Waals surface area contributed by atoms with Gasteiger partial charge in [-0.3, -0.25) is 9.69 Å². The van der Waals surface area contributed by atoms with E-state index in [-0.39, 0.29) is 22.9 Å². The predicted molar refractivity (Wildman–Crippen MR) is 125 cm³/mol. The van der Waals surface area contributed by atoms with E-state index in [1.165, 1.54) is 31.1 Å². The van der Waals surface area contributed by atoms with E-state index in [2.05, 4.69) is 34.9 Å². The van der Waals surface area contributed by atoms with Gasteiger partial charge in [-0.05, 0) is 87.1 Å². The van der Waals surface area contributed by atoms with E-state index in [0.29, 0.717) is 0 Å². The van der Waals surface area contributed by atoms with Crippen LogP contribution >= 0.6 is 0 Å². The minimum Gasteiger partial charge on any atom is -0.491 e. The van der Waals surface area contributed by atoms with Crippen molar-refractivity contribution in [3.8, 4) is 17.6 Å². The molecule has 0 bridgehead atoms. The van der Waals surface area contributed by atoms with Crippen molar-refractivity contribution in [2.24, 2.45) is 5.41 Å². The van der Waals surface area contributed by atoms with Crippen molar-refractivity contribution in [3.63, 3.8) is 0 Å². The first-order valence-corrected chi connectivity index (χ1v) is 11.6. The third-order valence-corrected chi connectivity index (χ3v) is 7.03. The van der Waals surface area contributed by atoms with Gasteiger partial charge in [-0.25, -0.2) is 0 Å². The number of ether oxygens (including phenoxy) is 2. The molecule has 2 aromatic carbocycles. The first kappa shape index (κ1) is 21.1. The molecule has 4 heteroatoms. The maximum absolute atomic E-state index is 12.2. The van der Waals surface area contributed by atoms with E-state index >= 15 is 0 Å². The van der Waals surface area contributed by atoms with Crippen LogP contribution in [0.25, 0.3) is 0 Å². The molecule has 1 heterocycles. The SMILES string of the molecule is COC(=O)C1(CN2Cc3ccc(C#Cc4ccc(OC(C)C)cc4)cc3C3(CC3)C2)CC1. The normalized spacial score (nSPS) is 19.6. The molecule has 0 amide bonds. The topological polar surface area (TPSA) is 38.8 Å². The number of rotatable bonds is 5. The highest BCUT2D eigenvalue weighted by Gasteiger charge is 2.55. The van der Waals surface area contributed by atoms with Crippen LogP contribution in [0.4, 0.5) is 0 Å². The molecule has 2 saturated carbocycles. The molecule has 3 aliphatic rings. The highest BCUT2D eigenvalue weighted by atomic mass is 16.5. The van der Waals surface area contributed by atoms with E-state index < -0.39 is 0 Å². The molecular weight excluding hydrogens is 398 g/mol. The Hall–Kier alpha value is -2.77. The van der Waals surface area contributed by atoms with E-state index in [0.717, 1.165) is 49.4 Å². The summed E-state index contributed by atoms with van der Waals surface area (Å²) in [4.78, 5) is 14.7. The second kappa shape index (κ2) is 7.98. The first-order chi connectivity index (χ1) is 15.4. The van der Waals surface area contributed by atoms with Gasteiger partial charge in [0.05, 0.1) is 18.6 Å². The molecule has 4 nitrogen and oxygen atoms in total. The lowest BCUT2D eigenvalue weighted by atomic mass is 9.85. The molecule has 0 N–H and O–H groups in total. The molecular formula is C28H31NO3. The largest absolute Gasteiger partial charge is 0.491 e. The molecule has 2 aromatic rings. The molecule has 0 atom stereocenters. The van der Waals surface area contributed by atoms with Crippen LogP contribution in [0.1, 0.15) is 61.8 Å². The first-order valence-electron chi connectivity index (χ1n) is 11.6. The average molecular weight is 430 g/mol. The zero-order valence-corrected chi connectivity index (χ0v) is 19.2. The Bertz CT molecular complexity index is 1080. The van der Waals surface area contributed by atoms with Crippen molar-refractivity contribution in [1.29, 1.82) is 0 Å². The monoisotopic (exact) mass is 429 g/mol. The number of carbonyl (C=O) groups is 1. The summed E-state index contributed by atoms with van der Waals surface area (Å²) in [6, 6.07) is 14.7. The summed E-state index contributed by atoms with van der Waals surface area (Å²) >= 11 is 0. The highest BCUT2D eigenvalue weighted by molar-refractivity contribution is 5.80. The second-order valence-corrected chi connectivity index (χ2v) is 10.0. The Balaban J connectivity index is 1.32. The molecule has 32 heavy (non-hydrogen) atoms. The number of methoxy groups -OCH3 is 1.